The molecule has 1 saturated heterocycles. The number of halogens is 1. The number of carbonyl (C=O) groups is 1. The molecule has 0 saturated carbocycles. The van der Waals surface area contributed by atoms with Gasteiger partial charge in [0.05, 0.1) is 4.90 Å². The molecule has 0 aliphatic carbocycles. The minimum atomic E-state index is -3.82. The van der Waals surface area contributed by atoms with Gasteiger partial charge in [0.15, 0.2) is 0 Å². The second-order valence-corrected chi connectivity index (χ2v) is 8.13. The zero-order valence-corrected chi connectivity index (χ0v) is 13.3. The van der Waals surface area contributed by atoms with Crippen molar-refractivity contribution in [3.63, 3.8) is 0 Å². The fourth-order valence-corrected chi connectivity index (χ4v) is 3.50. The summed E-state index contributed by atoms with van der Waals surface area (Å²) < 4.78 is 22.8. The minimum Gasteiger partial charge on any atom is -0.336 e. The molecule has 20 heavy (non-hydrogen) atoms. The van der Waals surface area contributed by atoms with Crippen LogP contribution in [0.4, 0.5) is 0 Å². The highest BCUT2D eigenvalue weighted by atomic mass is 35.7. The number of hydrogen-bond donors (Lipinski definition) is 0. The summed E-state index contributed by atoms with van der Waals surface area (Å²) in [7, 11) is 1.52. The molecule has 110 valence electrons. The van der Waals surface area contributed by atoms with Gasteiger partial charge in [-0.15, -0.1) is 0 Å². The van der Waals surface area contributed by atoms with Crippen molar-refractivity contribution in [2.45, 2.75) is 38.1 Å². The molecule has 0 N–H and O–H groups in total. The van der Waals surface area contributed by atoms with E-state index in [0.717, 1.165) is 12.0 Å². The lowest BCUT2D eigenvalue weighted by atomic mass is 10.1. The standard InChI is InChI=1S/C14H18ClNO3S/c1-9-6-11(3)16(8-9)14(17)13-7-12(20(15,18)19)5-4-10(13)2/h4-5,7,9,11H,6,8H2,1-3H3. The van der Waals surface area contributed by atoms with Crippen LogP contribution in [0.15, 0.2) is 23.1 Å². The quantitative estimate of drug-likeness (QED) is 0.789. The van der Waals surface area contributed by atoms with Crippen molar-refractivity contribution in [3.8, 4) is 0 Å². The van der Waals surface area contributed by atoms with Crippen molar-refractivity contribution >= 4 is 25.6 Å². The van der Waals surface area contributed by atoms with Crippen LogP contribution < -0.4 is 0 Å². The first-order valence-corrected chi connectivity index (χ1v) is 8.87. The third kappa shape index (κ3) is 2.99. The number of likely N-dealkylation sites (tertiary alicyclic amines) is 1. The lowest BCUT2D eigenvalue weighted by molar-refractivity contribution is 0.0743. The van der Waals surface area contributed by atoms with E-state index in [1.54, 1.807) is 17.9 Å². The first kappa shape index (κ1) is 15.3. The second-order valence-electron chi connectivity index (χ2n) is 5.56. The Bertz CT molecular complexity index is 642. The molecule has 6 heteroatoms. The van der Waals surface area contributed by atoms with Crippen molar-refractivity contribution in [2.75, 3.05) is 6.54 Å². The predicted octanol–water partition coefficient (Wildman–Crippen LogP) is 2.79. The molecule has 1 amide bonds. The third-order valence-corrected chi connectivity index (χ3v) is 5.12. The summed E-state index contributed by atoms with van der Waals surface area (Å²) in [5.41, 5.74) is 1.17. The number of hydrogen-bond acceptors (Lipinski definition) is 3. The summed E-state index contributed by atoms with van der Waals surface area (Å²) in [5, 5.41) is 0. The van der Waals surface area contributed by atoms with Crippen molar-refractivity contribution in [1.29, 1.82) is 0 Å². The summed E-state index contributed by atoms with van der Waals surface area (Å²) in [6.07, 6.45) is 0.971. The Hall–Kier alpha value is -1.07. The molecule has 1 fully saturated rings. The predicted molar refractivity (Wildman–Crippen MR) is 78.5 cm³/mol. The van der Waals surface area contributed by atoms with Crippen LogP contribution in [0.1, 0.15) is 36.2 Å². The number of rotatable bonds is 2. The number of nitrogens with zero attached hydrogens (tertiary/aromatic N) is 1. The van der Waals surface area contributed by atoms with Crippen LogP contribution in [0.5, 0.6) is 0 Å². The van der Waals surface area contributed by atoms with E-state index in [4.69, 9.17) is 10.7 Å². The molecule has 2 rings (SSSR count). The van der Waals surface area contributed by atoms with Gasteiger partial charge in [0, 0.05) is 28.8 Å². The first-order chi connectivity index (χ1) is 9.20. The average Bonchev–Trinajstić information content (AvgIpc) is 2.66. The van der Waals surface area contributed by atoms with Crippen molar-refractivity contribution in [2.24, 2.45) is 5.92 Å². The van der Waals surface area contributed by atoms with Gasteiger partial charge in [0.2, 0.25) is 0 Å². The van der Waals surface area contributed by atoms with Crippen LogP contribution in [0.25, 0.3) is 0 Å². The zero-order valence-electron chi connectivity index (χ0n) is 11.8. The van der Waals surface area contributed by atoms with Crippen LogP contribution in [0, 0.1) is 12.8 Å². The fraction of sp³-hybridized carbons (Fsp3) is 0.500. The van der Waals surface area contributed by atoms with Gasteiger partial charge < -0.3 is 4.90 Å². The van der Waals surface area contributed by atoms with E-state index >= 15 is 0 Å². The highest BCUT2D eigenvalue weighted by molar-refractivity contribution is 8.13. The Kier molecular flexibility index (Phi) is 4.12. The molecule has 0 radical (unpaired) electrons. The van der Waals surface area contributed by atoms with E-state index in [1.165, 1.54) is 12.1 Å². The maximum atomic E-state index is 12.6. The van der Waals surface area contributed by atoms with E-state index in [2.05, 4.69) is 6.92 Å². The Morgan fingerprint density at radius 1 is 1.35 bits per heavy atom. The first-order valence-electron chi connectivity index (χ1n) is 6.56. The van der Waals surface area contributed by atoms with Gasteiger partial charge in [0.1, 0.15) is 0 Å². The van der Waals surface area contributed by atoms with Crippen LogP contribution in [-0.2, 0) is 9.05 Å². The highest BCUT2D eigenvalue weighted by Crippen LogP contribution is 2.26. The third-order valence-electron chi connectivity index (χ3n) is 3.77. The minimum absolute atomic E-state index is 0.0342. The summed E-state index contributed by atoms with van der Waals surface area (Å²) in [4.78, 5) is 14.4. The SMILES string of the molecule is Cc1ccc(S(=O)(=O)Cl)cc1C(=O)N1CC(C)CC1C. The topological polar surface area (TPSA) is 54.5 Å². The molecule has 0 aromatic heterocycles. The molecular weight excluding hydrogens is 298 g/mol. The molecular formula is C14H18ClNO3S. The maximum Gasteiger partial charge on any atom is 0.261 e. The largest absolute Gasteiger partial charge is 0.336 e. The number of amides is 1. The lowest BCUT2D eigenvalue weighted by Gasteiger charge is -2.22. The molecule has 1 aromatic carbocycles. The molecule has 0 spiro atoms. The fourth-order valence-electron chi connectivity index (χ4n) is 2.72. The van der Waals surface area contributed by atoms with Gasteiger partial charge in [-0.2, -0.15) is 0 Å². The van der Waals surface area contributed by atoms with Crippen LogP contribution in [-0.4, -0.2) is 31.8 Å². The second kappa shape index (κ2) is 5.37. The number of benzene rings is 1. The van der Waals surface area contributed by atoms with E-state index in [9.17, 15) is 13.2 Å². The van der Waals surface area contributed by atoms with Gasteiger partial charge in [-0.05, 0) is 43.9 Å². The normalized spacial score (nSPS) is 23.1. The van der Waals surface area contributed by atoms with E-state index < -0.39 is 9.05 Å². The Balaban J connectivity index is 2.40. The summed E-state index contributed by atoms with van der Waals surface area (Å²) in [5.74, 6) is 0.343. The molecule has 0 bridgehead atoms. The van der Waals surface area contributed by atoms with Crippen LogP contribution >= 0.6 is 10.7 Å². The summed E-state index contributed by atoms with van der Waals surface area (Å²) >= 11 is 0. The maximum absolute atomic E-state index is 12.6. The van der Waals surface area contributed by atoms with Crippen molar-refractivity contribution in [1.82, 2.24) is 4.90 Å². The molecule has 2 atom stereocenters. The molecule has 1 aliphatic rings. The monoisotopic (exact) mass is 315 g/mol. The van der Waals surface area contributed by atoms with Gasteiger partial charge in [-0.1, -0.05) is 13.0 Å². The van der Waals surface area contributed by atoms with E-state index in [1.807, 2.05) is 6.92 Å². The summed E-state index contributed by atoms with van der Waals surface area (Å²) in [6.45, 7) is 6.62. The van der Waals surface area contributed by atoms with Gasteiger partial charge in [-0.25, -0.2) is 8.42 Å². The van der Waals surface area contributed by atoms with Crippen molar-refractivity contribution < 1.29 is 13.2 Å². The molecule has 1 aliphatic heterocycles. The van der Waals surface area contributed by atoms with E-state index in [-0.39, 0.29) is 16.8 Å². The molecule has 1 heterocycles. The van der Waals surface area contributed by atoms with Gasteiger partial charge in [-0.3, -0.25) is 4.79 Å². The van der Waals surface area contributed by atoms with E-state index in [0.29, 0.717) is 18.0 Å². The van der Waals surface area contributed by atoms with Crippen LogP contribution in [0.3, 0.4) is 0 Å². The van der Waals surface area contributed by atoms with Gasteiger partial charge in [0.25, 0.3) is 15.0 Å². The molecule has 2 unspecified atom stereocenters. The molecule has 1 aromatic rings. The summed E-state index contributed by atoms with van der Waals surface area (Å²) in [6, 6.07) is 4.58. The Morgan fingerprint density at radius 2 is 2.00 bits per heavy atom. The highest BCUT2D eigenvalue weighted by Gasteiger charge is 2.31. The Labute approximate surface area is 124 Å². The number of carbonyl (C=O) groups excluding carboxylic acids is 1. The number of aryl methyl sites for hydroxylation is 1. The van der Waals surface area contributed by atoms with Crippen molar-refractivity contribution in [3.05, 3.63) is 29.3 Å². The average molecular weight is 316 g/mol. The smallest absolute Gasteiger partial charge is 0.261 e. The Morgan fingerprint density at radius 3 is 2.50 bits per heavy atom. The van der Waals surface area contributed by atoms with Crippen LogP contribution in [0.2, 0.25) is 0 Å². The van der Waals surface area contributed by atoms with Gasteiger partial charge >= 0.3 is 0 Å². The molecule has 4 nitrogen and oxygen atoms in total. The lowest BCUT2D eigenvalue weighted by Crippen LogP contribution is -2.34. The zero-order chi connectivity index (χ0) is 15.1.